The Labute approximate surface area is 161 Å². The van der Waals surface area contributed by atoms with E-state index in [-0.39, 0.29) is 17.4 Å². The Morgan fingerprint density at radius 2 is 2.04 bits per heavy atom. The zero-order valence-corrected chi connectivity index (χ0v) is 15.9. The molecule has 0 aliphatic heterocycles. The fraction of sp³-hybridized carbons (Fsp3) is 0.238. The smallest absolute Gasteiger partial charge is 0.244 e. The number of fused-ring (bicyclic) bond motifs is 2. The summed E-state index contributed by atoms with van der Waals surface area (Å²) in [6.45, 7) is 3.01. The lowest BCUT2D eigenvalue weighted by atomic mass is 10.0. The van der Waals surface area contributed by atoms with E-state index in [1.54, 1.807) is 44.2 Å². The number of benzene rings is 2. The van der Waals surface area contributed by atoms with Gasteiger partial charge >= 0.3 is 0 Å². The van der Waals surface area contributed by atoms with Crippen LogP contribution in [0.3, 0.4) is 0 Å². The average Bonchev–Trinajstić information content (AvgIpc) is 2.67. The van der Waals surface area contributed by atoms with Crippen molar-refractivity contribution in [3.05, 3.63) is 57.3 Å². The quantitative estimate of drug-likeness (QED) is 0.500. The first-order valence-electron chi connectivity index (χ1n) is 8.65. The monoisotopic (exact) mass is 383 g/mol. The van der Waals surface area contributed by atoms with Gasteiger partial charge in [-0.3, -0.25) is 9.59 Å². The molecular weight excluding hydrogens is 362 g/mol. The molecule has 0 saturated carbocycles. The number of hydrogen-bond donors (Lipinski definition) is 2. The zero-order chi connectivity index (χ0) is 20.4. The summed E-state index contributed by atoms with van der Waals surface area (Å²) in [4.78, 5) is 24.3. The van der Waals surface area contributed by atoms with Gasteiger partial charge in [-0.25, -0.2) is 0 Å². The fourth-order valence-corrected chi connectivity index (χ4v) is 3.10. The number of aliphatic hydroxyl groups excluding tert-OH is 1. The van der Waals surface area contributed by atoms with Gasteiger partial charge in [-0.1, -0.05) is 6.07 Å². The molecule has 0 aliphatic rings. The van der Waals surface area contributed by atoms with Crippen molar-refractivity contribution in [2.75, 3.05) is 13.7 Å². The SMILES string of the molecule is COc1cccc2oc3cc(C)c(OCC=C(C)C(N)=O)c(CO)c3c(=O)c12. The van der Waals surface area contributed by atoms with Crippen LogP contribution < -0.4 is 20.6 Å². The lowest BCUT2D eigenvalue weighted by Crippen LogP contribution is -2.13. The summed E-state index contributed by atoms with van der Waals surface area (Å²) in [6.07, 6.45) is 1.54. The van der Waals surface area contributed by atoms with Crippen LogP contribution in [0.2, 0.25) is 0 Å². The highest BCUT2D eigenvalue weighted by Gasteiger charge is 2.19. The minimum Gasteiger partial charge on any atom is -0.496 e. The van der Waals surface area contributed by atoms with Crippen molar-refractivity contribution in [3.63, 3.8) is 0 Å². The van der Waals surface area contributed by atoms with Crippen LogP contribution in [0.5, 0.6) is 11.5 Å². The highest BCUT2D eigenvalue weighted by Crippen LogP contribution is 2.34. The van der Waals surface area contributed by atoms with E-state index >= 15 is 0 Å². The molecule has 7 nitrogen and oxygen atoms in total. The van der Waals surface area contributed by atoms with Crippen LogP contribution >= 0.6 is 0 Å². The summed E-state index contributed by atoms with van der Waals surface area (Å²) in [5.74, 6) is 0.214. The number of primary amides is 1. The summed E-state index contributed by atoms with van der Waals surface area (Å²) in [5.41, 5.74) is 7.01. The first-order chi connectivity index (χ1) is 13.4. The third kappa shape index (κ3) is 3.32. The van der Waals surface area contributed by atoms with Gasteiger partial charge in [-0.15, -0.1) is 0 Å². The molecule has 1 amide bonds. The molecule has 3 rings (SSSR count). The van der Waals surface area contributed by atoms with Crippen LogP contribution in [0.4, 0.5) is 0 Å². The Morgan fingerprint density at radius 1 is 1.29 bits per heavy atom. The number of hydrogen-bond acceptors (Lipinski definition) is 6. The molecule has 3 N–H and O–H groups in total. The van der Waals surface area contributed by atoms with Gasteiger partial charge in [0.25, 0.3) is 0 Å². The number of aryl methyl sites for hydroxylation is 1. The molecule has 7 heteroatoms. The molecule has 0 atom stereocenters. The molecule has 146 valence electrons. The van der Waals surface area contributed by atoms with Crippen LogP contribution in [0, 0.1) is 6.92 Å². The van der Waals surface area contributed by atoms with Gasteiger partial charge < -0.3 is 24.7 Å². The molecular formula is C21H21NO6. The van der Waals surface area contributed by atoms with Crippen molar-refractivity contribution in [2.45, 2.75) is 20.5 Å². The van der Waals surface area contributed by atoms with Gasteiger partial charge in [0, 0.05) is 11.1 Å². The predicted molar refractivity (Wildman–Crippen MR) is 106 cm³/mol. The number of carbonyl (C=O) groups is 1. The number of amides is 1. The van der Waals surface area contributed by atoms with Crippen molar-refractivity contribution < 1.29 is 23.8 Å². The van der Waals surface area contributed by atoms with E-state index < -0.39 is 12.5 Å². The highest BCUT2D eigenvalue weighted by atomic mass is 16.5. The van der Waals surface area contributed by atoms with Crippen LogP contribution in [0.15, 0.2) is 45.1 Å². The number of ether oxygens (including phenoxy) is 2. The molecule has 0 unspecified atom stereocenters. The number of nitrogens with two attached hydrogens (primary N) is 1. The summed E-state index contributed by atoms with van der Waals surface area (Å²) in [5, 5.41) is 10.5. The van der Waals surface area contributed by atoms with E-state index in [1.165, 1.54) is 7.11 Å². The molecule has 0 saturated heterocycles. The van der Waals surface area contributed by atoms with E-state index in [0.29, 0.717) is 44.8 Å². The van der Waals surface area contributed by atoms with E-state index in [1.807, 2.05) is 0 Å². The number of carbonyl (C=O) groups excluding carboxylic acids is 1. The van der Waals surface area contributed by atoms with Crippen LogP contribution in [-0.2, 0) is 11.4 Å². The molecule has 3 aromatic rings. The van der Waals surface area contributed by atoms with Crippen LogP contribution in [0.25, 0.3) is 21.9 Å². The fourth-order valence-electron chi connectivity index (χ4n) is 3.10. The number of methoxy groups -OCH3 is 1. The molecule has 2 aromatic carbocycles. The van der Waals surface area contributed by atoms with Crippen molar-refractivity contribution in [1.29, 1.82) is 0 Å². The van der Waals surface area contributed by atoms with Crippen molar-refractivity contribution in [1.82, 2.24) is 0 Å². The largest absolute Gasteiger partial charge is 0.496 e. The van der Waals surface area contributed by atoms with E-state index in [9.17, 15) is 14.7 Å². The van der Waals surface area contributed by atoms with E-state index in [2.05, 4.69) is 0 Å². The minimum absolute atomic E-state index is 0.0658. The Morgan fingerprint density at radius 3 is 2.68 bits per heavy atom. The molecule has 1 aromatic heterocycles. The second kappa shape index (κ2) is 7.74. The highest BCUT2D eigenvalue weighted by molar-refractivity contribution is 5.96. The average molecular weight is 383 g/mol. The van der Waals surface area contributed by atoms with Crippen LogP contribution in [0.1, 0.15) is 18.1 Å². The van der Waals surface area contributed by atoms with Gasteiger partial charge in [0.15, 0.2) is 0 Å². The predicted octanol–water partition coefficient (Wildman–Crippen LogP) is 2.57. The van der Waals surface area contributed by atoms with Crippen LogP contribution in [-0.4, -0.2) is 24.7 Å². The Balaban J connectivity index is 2.24. The zero-order valence-electron chi connectivity index (χ0n) is 15.9. The first-order valence-corrected chi connectivity index (χ1v) is 8.65. The third-order valence-corrected chi connectivity index (χ3v) is 4.57. The van der Waals surface area contributed by atoms with Crippen molar-refractivity contribution >= 4 is 27.8 Å². The Bertz CT molecular complexity index is 1160. The Hall–Kier alpha value is -3.32. The molecule has 28 heavy (non-hydrogen) atoms. The molecule has 1 heterocycles. The summed E-state index contributed by atoms with van der Waals surface area (Å²) in [7, 11) is 1.47. The standard InChI is InChI=1S/C21H21NO6/c1-11(21(22)25)7-8-27-20-12(2)9-16-17(13(20)10-23)19(24)18-14(26-3)5-4-6-15(18)28-16/h4-7,9,23H,8,10H2,1-3H3,(H2,22,25). The topological polar surface area (TPSA) is 112 Å². The van der Waals surface area contributed by atoms with Crippen molar-refractivity contribution in [2.24, 2.45) is 5.73 Å². The van der Waals surface area contributed by atoms with Gasteiger partial charge in [-0.05, 0) is 43.7 Å². The number of aliphatic hydroxyl groups is 1. The lowest BCUT2D eigenvalue weighted by molar-refractivity contribution is -0.114. The van der Waals surface area contributed by atoms with Gasteiger partial charge in [0.05, 0.1) is 19.1 Å². The molecule has 0 fully saturated rings. The minimum atomic E-state index is -0.541. The normalized spacial score (nSPS) is 11.8. The summed E-state index contributed by atoms with van der Waals surface area (Å²) in [6, 6.07) is 6.79. The molecule has 0 aliphatic carbocycles. The maximum atomic E-state index is 13.2. The number of rotatable bonds is 6. The van der Waals surface area contributed by atoms with E-state index in [0.717, 1.165) is 0 Å². The van der Waals surface area contributed by atoms with Gasteiger partial charge in [0.1, 0.15) is 34.7 Å². The lowest BCUT2D eigenvalue weighted by Gasteiger charge is -2.15. The van der Waals surface area contributed by atoms with Gasteiger partial charge in [0.2, 0.25) is 11.3 Å². The summed E-state index contributed by atoms with van der Waals surface area (Å²) < 4.78 is 17.0. The molecule has 0 bridgehead atoms. The third-order valence-electron chi connectivity index (χ3n) is 4.57. The van der Waals surface area contributed by atoms with Crippen molar-refractivity contribution in [3.8, 4) is 11.5 Å². The molecule has 0 spiro atoms. The van der Waals surface area contributed by atoms with Gasteiger partial charge in [-0.2, -0.15) is 0 Å². The second-order valence-corrected chi connectivity index (χ2v) is 6.36. The first kappa shape index (κ1) is 19.4. The Kier molecular flexibility index (Phi) is 5.37. The summed E-state index contributed by atoms with van der Waals surface area (Å²) >= 11 is 0. The maximum Gasteiger partial charge on any atom is 0.244 e. The second-order valence-electron chi connectivity index (χ2n) is 6.36. The maximum absolute atomic E-state index is 13.2. The molecule has 0 radical (unpaired) electrons. The van der Waals surface area contributed by atoms with E-state index in [4.69, 9.17) is 19.6 Å².